The zero-order valence-electron chi connectivity index (χ0n) is 12.4. The van der Waals surface area contributed by atoms with Gasteiger partial charge in [0.05, 0.1) is 0 Å². The molecule has 0 radical (unpaired) electrons. The molecule has 0 aliphatic rings. The number of aryl methyl sites for hydroxylation is 1. The number of carboxylic acid groups (broad SMARTS) is 1. The Morgan fingerprint density at radius 2 is 1.79 bits per heavy atom. The Hall–Kier alpha value is -1.35. The van der Waals surface area contributed by atoms with E-state index in [4.69, 9.17) is 9.90 Å². The van der Waals surface area contributed by atoms with Crippen LogP contribution in [0.5, 0.6) is 0 Å². The van der Waals surface area contributed by atoms with E-state index in [0.29, 0.717) is 0 Å². The van der Waals surface area contributed by atoms with E-state index in [-0.39, 0.29) is 0 Å². The smallest absolute Gasteiger partial charge is 0.300 e. The molecule has 0 atom stereocenters. The average Bonchev–Trinajstić information content (AvgIpc) is 2.34. The molecule has 0 unspecified atom stereocenters. The molecule has 0 aliphatic heterocycles. The van der Waals surface area contributed by atoms with Crippen LogP contribution in [0.3, 0.4) is 0 Å². The predicted molar refractivity (Wildman–Crippen MR) is 80.4 cm³/mol. The standard InChI is InChI=1S/C14H23N.C2H4O2/c1-13(2)12-15-11-7-6-10-14-8-4-3-5-9-14;1-2(3)4/h3-5,8-9,13,15H,6-7,10-12H2,1-2H3;1H3,(H,3,4). The number of hydrogen-bond acceptors (Lipinski definition) is 2. The third kappa shape index (κ3) is 14.6. The van der Waals surface area contributed by atoms with Crippen LogP contribution in [0.1, 0.15) is 39.2 Å². The lowest BCUT2D eigenvalue weighted by atomic mass is 10.1. The predicted octanol–water partition coefficient (Wildman–Crippen LogP) is 3.35. The summed E-state index contributed by atoms with van der Waals surface area (Å²) in [5.41, 5.74) is 1.46. The molecule has 1 aromatic carbocycles. The molecule has 0 saturated carbocycles. The van der Waals surface area contributed by atoms with Gasteiger partial charge in [0.15, 0.2) is 0 Å². The summed E-state index contributed by atoms with van der Waals surface area (Å²) in [5.74, 6) is -0.0703. The van der Waals surface area contributed by atoms with Crippen LogP contribution in [0.2, 0.25) is 0 Å². The first-order valence-electron chi connectivity index (χ1n) is 6.96. The molecule has 108 valence electrons. The second-order valence-electron chi connectivity index (χ2n) is 5.06. The Bertz CT molecular complexity index is 319. The van der Waals surface area contributed by atoms with Gasteiger partial charge in [-0.05, 0) is 43.8 Å². The second kappa shape index (κ2) is 11.7. The molecule has 3 nitrogen and oxygen atoms in total. The van der Waals surface area contributed by atoms with Gasteiger partial charge in [0.2, 0.25) is 0 Å². The van der Waals surface area contributed by atoms with Crippen molar-refractivity contribution in [2.75, 3.05) is 13.1 Å². The van der Waals surface area contributed by atoms with E-state index in [0.717, 1.165) is 25.9 Å². The summed E-state index contributed by atoms with van der Waals surface area (Å²) in [6, 6.07) is 10.7. The van der Waals surface area contributed by atoms with E-state index in [2.05, 4.69) is 49.5 Å². The van der Waals surface area contributed by atoms with Gasteiger partial charge >= 0.3 is 0 Å². The number of rotatable bonds is 7. The Balaban J connectivity index is 0.000000711. The quantitative estimate of drug-likeness (QED) is 0.743. The highest BCUT2D eigenvalue weighted by molar-refractivity contribution is 5.62. The minimum absolute atomic E-state index is 0.763. The number of carbonyl (C=O) groups is 1. The van der Waals surface area contributed by atoms with Crippen LogP contribution in [0.4, 0.5) is 0 Å². The van der Waals surface area contributed by atoms with Gasteiger partial charge in [0, 0.05) is 6.92 Å². The number of unbranched alkanes of at least 4 members (excludes halogenated alkanes) is 1. The lowest BCUT2D eigenvalue weighted by Gasteiger charge is -2.06. The molecule has 0 aliphatic carbocycles. The maximum absolute atomic E-state index is 9.00. The van der Waals surface area contributed by atoms with Crippen LogP contribution in [-0.2, 0) is 11.2 Å². The Morgan fingerprint density at radius 1 is 1.21 bits per heavy atom. The number of nitrogens with one attached hydrogen (secondary N) is 1. The van der Waals surface area contributed by atoms with E-state index >= 15 is 0 Å². The molecule has 0 bridgehead atoms. The van der Waals surface area contributed by atoms with Crippen molar-refractivity contribution in [1.82, 2.24) is 5.32 Å². The summed E-state index contributed by atoms with van der Waals surface area (Å²) in [6.07, 6.45) is 3.78. The van der Waals surface area contributed by atoms with Gasteiger partial charge in [-0.15, -0.1) is 0 Å². The molecule has 1 aromatic rings. The number of carboxylic acids is 1. The second-order valence-corrected chi connectivity index (χ2v) is 5.06. The Kier molecular flexibility index (Phi) is 10.9. The van der Waals surface area contributed by atoms with Crippen molar-refractivity contribution in [3.8, 4) is 0 Å². The largest absolute Gasteiger partial charge is 0.481 e. The van der Waals surface area contributed by atoms with Crippen molar-refractivity contribution < 1.29 is 9.90 Å². The van der Waals surface area contributed by atoms with Gasteiger partial charge in [-0.25, -0.2) is 0 Å². The zero-order valence-corrected chi connectivity index (χ0v) is 12.4. The lowest BCUT2D eigenvalue weighted by Crippen LogP contribution is -2.20. The monoisotopic (exact) mass is 265 g/mol. The first-order chi connectivity index (χ1) is 9.02. The molecular weight excluding hydrogens is 238 g/mol. The van der Waals surface area contributed by atoms with Crippen LogP contribution in [-0.4, -0.2) is 24.2 Å². The minimum atomic E-state index is -0.833. The third-order valence-corrected chi connectivity index (χ3v) is 2.46. The first kappa shape index (κ1) is 17.6. The number of aliphatic carboxylic acids is 1. The van der Waals surface area contributed by atoms with E-state index in [1.807, 2.05) is 0 Å². The molecule has 0 fully saturated rings. The number of hydrogen-bond donors (Lipinski definition) is 2. The summed E-state index contributed by atoms with van der Waals surface area (Å²) in [5, 5.41) is 10.9. The van der Waals surface area contributed by atoms with Crippen LogP contribution in [0.25, 0.3) is 0 Å². The SMILES string of the molecule is CC(=O)O.CC(C)CNCCCCc1ccccc1. The summed E-state index contributed by atoms with van der Waals surface area (Å²) >= 11 is 0. The zero-order chi connectivity index (χ0) is 14.5. The molecule has 0 aromatic heterocycles. The van der Waals surface area contributed by atoms with Crippen molar-refractivity contribution in [3.05, 3.63) is 35.9 Å². The van der Waals surface area contributed by atoms with Gasteiger partial charge in [0.25, 0.3) is 5.97 Å². The fourth-order valence-electron chi connectivity index (χ4n) is 1.61. The van der Waals surface area contributed by atoms with Crippen molar-refractivity contribution >= 4 is 5.97 Å². The average molecular weight is 265 g/mol. The molecule has 0 heterocycles. The minimum Gasteiger partial charge on any atom is -0.481 e. The van der Waals surface area contributed by atoms with E-state index in [1.54, 1.807) is 0 Å². The molecule has 2 N–H and O–H groups in total. The first-order valence-corrected chi connectivity index (χ1v) is 6.96. The maximum Gasteiger partial charge on any atom is 0.300 e. The van der Waals surface area contributed by atoms with Crippen LogP contribution in [0, 0.1) is 5.92 Å². The highest BCUT2D eigenvalue weighted by Crippen LogP contribution is 2.03. The topological polar surface area (TPSA) is 49.3 Å². The highest BCUT2D eigenvalue weighted by Gasteiger charge is 1.94. The molecule has 19 heavy (non-hydrogen) atoms. The molecule has 3 heteroatoms. The maximum atomic E-state index is 9.00. The van der Waals surface area contributed by atoms with Gasteiger partial charge in [-0.3, -0.25) is 4.79 Å². The van der Waals surface area contributed by atoms with E-state index in [9.17, 15) is 0 Å². The van der Waals surface area contributed by atoms with Crippen molar-refractivity contribution in [3.63, 3.8) is 0 Å². The summed E-state index contributed by atoms with van der Waals surface area (Å²) < 4.78 is 0. The molecule has 1 rings (SSSR count). The number of benzene rings is 1. The van der Waals surface area contributed by atoms with Gasteiger partial charge in [0.1, 0.15) is 0 Å². The summed E-state index contributed by atoms with van der Waals surface area (Å²) in [7, 11) is 0. The highest BCUT2D eigenvalue weighted by atomic mass is 16.4. The molecule has 0 amide bonds. The fourth-order valence-corrected chi connectivity index (χ4v) is 1.61. The van der Waals surface area contributed by atoms with Gasteiger partial charge in [-0.2, -0.15) is 0 Å². The third-order valence-electron chi connectivity index (χ3n) is 2.46. The lowest BCUT2D eigenvalue weighted by molar-refractivity contribution is -0.134. The Labute approximate surface area is 117 Å². The fraction of sp³-hybridized carbons (Fsp3) is 0.562. The van der Waals surface area contributed by atoms with Crippen LogP contribution >= 0.6 is 0 Å². The van der Waals surface area contributed by atoms with Crippen molar-refractivity contribution in [2.45, 2.75) is 40.0 Å². The Morgan fingerprint density at radius 3 is 2.32 bits per heavy atom. The van der Waals surface area contributed by atoms with Crippen LogP contribution in [0.15, 0.2) is 30.3 Å². The molecular formula is C16H27NO2. The van der Waals surface area contributed by atoms with Gasteiger partial charge in [-0.1, -0.05) is 44.2 Å². The van der Waals surface area contributed by atoms with Gasteiger partial charge < -0.3 is 10.4 Å². The molecule has 0 spiro atoms. The normalized spacial score (nSPS) is 9.89. The van der Waals surface area contributed by atoms with Crippen LogP contribution < -0.4 is 5.32 Å². The molecule has 0 saturated heterocycles. The van der Waals surface area contributed by atoms with E-state index < -0.39 is 5.97 Å². The summed E-state index contributed by atoms with van der Waals surface area (Å²) in [4.78, 5) is 9.00. The van der Waals surface area contributed by atoms with E-state index in [1.165, 1.54) is 24.8 Å². The van der Waals surface area contributed by atoms with Crippen molar-refractivity contribution in [2.24, 2.45) is 5.92 Å². The van der Waals surface area contributed by atoms with Crippen molar-refractivity contribution in [1.29, 1.82) is 0 Å². The summed E-state index contributed by atoms with van der Waals surface area (Å²) in [6.45, 7) is 7.88.